The molecule has 0 fully saturated rings. The number of hydrogen-bond donors (Lipinski definition) is 2. The highest BCUT2D eigenvalue weighted by atomic mass is 35.5. The van der Waals surface area contributed by atoms with Crippen molar-refractivity contribution in [1.82, 2.24) is 0 Å². The van der Waals surface area contributed by atoms with Gasteiger partial charge in [0.05, 0.1) is 12.0 Å². The summed E-state index contributed by atoms with van der Waals surface area (Å²) in [6, 6.07) is 3.38. The first-order chi connectivity index (χ1) is 6.86. The molecule has 0 radical (unpaired) electrons. The second kappa shape index (κ2) is 5.15. The van der Waals surface area contributed by atoms with Crippen LogP contribution >= 0.6 is 12.4 Å². The van der Waals surface area contributed by atoms with E-state index >= 15 is 0 Å². The maximum absolute atomic E-state index is 11.0. The van der Waals surface area contributed by atoms with Crippen molar-refractivity contribution in [3.8, 4) is 5.75 Å². The summed E-state index contributed by atoms with van der Waals surface area (Å²) in [4.78, 5) is 10.5. The Bertz CT molecular complexity index is 499. The molecule has 0 saturated heterocycles. The minimum Gasteiger partial charge on any atom is -0.496 e. The third-order valence-corrected chi connectivity index (χ3v) is 2.64. The molecule has 90 valence electrons. The second-order valence-corrected chi connectivity index (χ2v) is 4.27. The summed E-state index contributed by atoms with van der Waals surface area (Å²) in [6.45, 7) is 0. The smallest absolute Gasteiger partial charge is 0.339 e. The van der Waals surface area contributed by atoms with Gasteiger partial charge in [-0.1, -0.05) is 0 Å². The van der Waals surface area contributed by atoms with Crippen LogP contribution in [0.2, 0.25) is 0 Å². The average Bonchev–Trinajstić information content (AvgIpc) is 2.15. The molecule has 6 nitrogen and oxygen atoms in total. The van der Waals surface area contributed by atoms with Gasteiger partial charge in [0.25, 0.3) is 0 Å². The number of sulfonamides is 1. The molecule has 3 N–H and O–H groups in total. The lowest BCUT2D eigenvalue weighted by Gasteiger charge is -2.05. The van der Waals surface area contributed by atoms with Crippen LogP contribution in [0.4, 0.5) is 0 Å². The van der Waals surface area contributed by atoms with Crippen LogP contribution in [-0.4, -0.2) is 26.6 Å². The molecule has 0 heterocycles. The van der Waals surface area contributed by atoms with Gasteiger partial charge in [-0.2, -0.15) is 0 Å². The Hall–Kier alpha value is -1.31. The molecule has 0 saturated carbocycles. The Morgan fingerprint density at radius 1 is 1.44 bits per heavy atom. The van der Waals surface area contributed by atoms with Crippen molar-refractivity contribution in [2.75, 3.05) is 7.11 Å². The first-order valence-corrected chi connectivity index (χ1v) is 5.35. The summed E-state index contributed by atoms with van der Waals surface area (Å²) >= 11 is 0. The zero-order valence-electron chi connectivity index (χ0n) is 8.21. The lowest BCUT2D eigenvalue weighted by Crippen LogP contribution is -2.13. The Labute approximate surface area is 98.5 Å². The quantitative estimate of drug-likeness (QED) is 0.827. The summed E-state index contributed by atoms with van der Waals surface area (Å²) < 4.78 is 26.7. The molecule has 0 amide bonds. The number of carboxylic acid groups (broad SMARTS) is 1. The highest BCUT2D eigenvalue weighted by molar-refractivity contribution is 7.89. The number of ether oxygens (including phenoxy) is 1. The molecule has 0 aromatic heterocycles. The van der Waals surface area contributed by atoms with E-state index in [4.69, 9.17) is 15.0 Å². The monoisotopic (exact) mass is 267 g/mol. The molecule has 0 bridgehead atoms. The number of carbonyl (C=O) groups is 1. The van der Waals surface area contributed by atoms with Gasteiger partial charge >= 0.3 is 5.97 Å². The molecule has 1 aromatic rings. The number of hydrogen-bond acceptors (Lipinski definition) is 4. The van der Waals surface area contributed by atoms with Gasteiger partial charge in [0.2, 0.25) is 10.0 Å². The Morgan fingerprint density at radius 3 is 2.38 bits per heavy atom. The summed E-state index contributed by atoms with van der Waals surface area (Å²) in [5.74, 6) is -1.20. The van der Waals surface area contributed by atoms with E-state index in [2.05, 4.69) is 0 Å². The van der Waals surface area contributed by atoms with Crippen molar-refractivity contribution in [2.45, 2.75) is 4.90 Å². The fraction of sp³-hybridized carbons (Fsp3) is 0.125. The van der Waals surface area contributed by atoms with Crippen LogP contribution in [-0.2, 0) is 10.0 Å². The van der Waals surface area contributed by atoms with Crippen molar-refractivity contribution in [3.05, 3.63) is 23.8 Å². The number of carboxylic acids is 1. The zero-order chi connectivity index (χ0) is 11.6. The van der Waals surface area contributed by atoms with E-state index in [1.807, 2.05) is 0 Å². The predicted molar refractivity (Wildman–Crippen MR) is 58.6 cm³/mol. The van der Waals surface area contributed by atoms with Crippen LogP contribution in [0.1, 0.15) is 10.4 Å². The van der Waals surface area contributed by atoms with Crippen LogP contribution in [0.5, 0.6) is 5.75 Å². The van der Waals surface area contributed by atoms with Crippen LogP contribution < -0.4 is 9.88 Å². The largest absolute Gasteiger partial charge is 0.496 e. The summed E-state index contributed by atoms with van der Waals surface area (Å²) in [5, 5.41) is 13.6. The molecule has 1 rings (SSSR count). The normalized spacial score (nSPS) is 10.4. The first-order valence-electron chi connectivity index (χ1n) is 3.80. The third kappa shape index (κ3) is 3.09. The van der Waals surface area contributed by atoms with E-state index in [1.165, 1.54) is 19.2 Å². The highest BCUT2D eigenvalue weighted by Gasteiger charge is 2.16. The molecule has 8 heteroatoms. The lowest BCUT2D eigenvalue weighted by molar-refractivity contribution is 0.0693. The number of nitrogens with two attached hydrogens (primary N) is 1. The lowest BCUT2D eigenvalue weighted by atomic mass is 10.2. The van der Waals surface area contributed by atoms with Gasteiger partial charge in [0.1, 0.15) is 11.3 Å². The summed E-state index contributed by atoms with van der Waals surface area (Å²) in [6.07, 6.45) is 0. The molecular formula is C8H10ClNO5S. The number of rotatable bonds is 3. The van der Waals surface area contributed by atoms with Gasteiger partial charge in [0, 0.05) is 0 Å². The fourth-order valence-corrected chi connectivity index (χ4v) is 1.57. The summed E-state index contributed by atoms with van der Waals surface area (Å²) in [5.41, 5.74) is -0.246. The van der Waals surface area contributed by atoms with Crippen molar-refractivity contribution in [3.63, 3.8) is 0 Å². The van der Waals surface area contributed by atoms with Gasteiger partial charge in [-0.3, -0.25) is 0 Å². The van der Waals surface area contributed by atoms with Gasteiger partial charge in [-0.15, -0.1) is 12.4 Å². The van der Waals surface area contributed by atoms with E-state index < -0.39 is 16.0 Å². The number of halogens is 1. The molecule has 16 heavy (non-hydrogen) atoms. The molecule has 0 spiro atoms. The summed E-state index contributed by atoms with van der Waals surface area (Å²) in [7, 11) is -2.61. The Kier molecular flexibility index (Phi) is 4.73. The Balaban J connectivity index is 0.00000225. The molecular weight excluding hydrogens is 258 g/mol. The van der Waals surface area contributed by atoms with Gasteiger partial charge < -0.3 is 9.84 Å². The van der Waals surface area contributed by atoms with E-state index in [9.17, 15) is 13.2 Å². The van der Waals surface area contributed by atoms with E-state index in [-0.39, 0.29) is 28.6 Å². The first kappa shape index (κ1) is 14.7. The topological polar surface area (TPSA) is 107 Å². The van der Waals surface area contributed by atoms with Crippen molar-refractivity contribution in [1.29, 1.82) is 0 Å². The Morgan fingerprint density at radius 2 is 2.00 bits per heavy atom. The van der Waals surface area contributed by atoms with Gasteiger partial charge in [0.15, 0.2) is 0 Å². The minimum absolute atomic E-state index is 0. The van der Waals surface area contributed by atoms with Crippen LogP contribution in [0, 0.1) is 0 Å². The average molecular weight is 268 g/mol. The van der Waals surface area contributed by atoms with E-state index in [0.717, 1.165) is 6.07 Å². The zero-order valence-corrected chi connectivity index (χ0v) is 9.84. The molecule has 0 aliphatic rings. The van der Waals surface area contributed by atoms with Gasteiger partial charge in [-0.05, 0) is 18.2 Å². The van der Waals surface area contributed by atoms with Gasteiger partial charge in [-0.25, -0.2) is 18.4 Å². The van der Waals surface area contributed by atoms with Crippen LogP contribution in [0.3, 0.4) is 0 Å². The predicted octanol–water partition coefficient (Wildman–Crippen LogP) is 0.463. The SMILES string of the molecule is COc1ccc(S(N)(=O)=O)cc1C(=O)O.Cl. The fourth-order valence-electron chi connectivity index (χ4n) is 1.03. The molecule has 0 unspecified atom stereocenters. The molecule has 0 atom stereocenters. The van der Waals surface area contributed by atoms with E-state index in [1.54, 1.807) is 0 Å². The highest BCUT2D eigenvalue weighted by Crippen LogP contribution is 2.21. The maximum atomic E-state index is 11.0. The molecule has 1 aromatic carbocycles. The maximum Gasteiger partial charge on any atom is 0.339 e. The number of methoxy groups -OCH3 is 1. The number of benzene rings is 1. The number of primary sulfonamides is 1. The molecule has 0 aliphatic heterocycles. The molecule has 0 aliphatic carbocycles. The van der Waals surface area contributed by atoms with Crippen molar-refractivity contribution in [2.24, 2.45) is 5.14 Å². The van der Waals surface area contributed by atoms with Crippen LogP contribution in [0.15, 0.2) is 23.1 Å². The standard InChI is InChI=1S/C8H9NO5S.ClH/c1-14-7-3-2-5(15(9,12)13)4-6(7)8(10)11;/h2-4H,1H3,(H,10,11)(H2,9,12,13);1H. The second-order valence-electron chi connectivity index (χ2n) is 2.71. The van der Waals surface area contributed by atoms with Crippen molar-refractivity contribution >= 4 is 28.4 Å². The van der Waals surface area contributed by atoms with E-state index in [0.29, 0.717) is 0 Å². The third-order valence-electron chi connectivity index (χ3n) is 1.73. The van der Waals surface area contributed by atoms with Crippen molar-refractivity contribution < 1.29 is 23.1 Å². The van der Waals surface area contributed by atoms with Crippen LogP contribution in [0.25, 0.3) is 0 Å². The number of aromatic carboxylic acids is 1. The minimum atomic E-state index is -3.90.